The maximum atomic E-state index is 11.7. The van der Waals surface area contributed by atoms with E-state index in [9.17, 15) is 9.90 Å². The lowest BCUT2D eigenvalue weighted by Gasteiger charge is -2.01. The maximum Gasteiger partial charge on any atom is 0.258 e. The molecule has 0 atom stereocenters. The average Bonchev–Trinajstić information content (AvgIpc) is 2.59. The molecule has 0 aliphatic heterocycles. The predicted molar refractivity (Wildman–Crippen MR) is 71.9 cm³/mol. The van der Waals surface area contributed by atoms with Gasteiger partial charge in [-0.3, -0.25) is 4.79 Å². The highest BCUT2D eigenvalue weighted by molar-refractivity contribution is 9.10. The summed E-state index contributed by atoms with van der Waals surface area (Å²) in [5.41, 5.74) is -0.0360. The highest BCUT2D eigenvalue weighted by atomic mass is 79.9. The molecular weight excluding hydrogens is 328 g/mol. The Morgan fingerprint density at radius 1 is 1.65 bits per heavy atom. The summed E-state index contributed by atoms with van der Waals surface area (Å²) < 4.78 is 1.31. The van der Waals surface area contributed by atoms with Gasteiger partial charge in [-0.25, -0.2) is 0 Å². The number of hydrogen-bond donors (Lipinski definition) is 2. The Labute approximate surface area is 114 Å². The molecule has 2 heterocycles. The van der Waals surface area contributed by atoms with E-state index in [2.05, 4.69) is 25.9 Å². The molecule has 0 spiro atoms. The molecule has 17 heavy (non-hydrogen) atoms. The monoisotopic (exact) mass is 334 g/mol. The van der Waals surface area contributed by atoms with Crippen molar-refractivity contribution in [2.24, 2.45) is 0 Å². The van der Waals surface area contributed by atoms with E-state index in [-0.39, 0.29) is 17.0 Å². The summed E-state index contributed by atoms with van der Waals surface area (Å²) >= 11 is 10.5. The number of aromatic nitrogens is 2. The first-order valence-corrected chi connectivity index (χ1v) is 6.79. The minimum absolute atomic E-state index is 0.230. The number of hydrogen-bond acceptors (Lipinski definition) is 4. The number of nitrogens with one attached hydrogen (secondary N) is 1. The largest absolute Gasteiger partial charge is 0.493 e. The maximum absolute atomic E-state index is 11.7. The van der Waals surface area contributed by atoms with Gasteiger partial charge in [-0.1, -0.05) is 18.5 Å². The van der Waals surface area contributed by atoms with Crippen molar-refractivity contribution >= 4 is 38.9 Å². The Morgan fingerprint density at radius 2 is 2.35 bits per heavy atom. The third-order valence-electron chi connectivity index (χ3n) is 2.23. The van der Waals surface area contributed by atoms with E-state index >= 15 is 0 Å². The fraction of sp³-hybridized carbons (Fsp3) is 0.200. The quantitative estimate of drug-likeness (QED) is 0.886. The number of halogens is 2. The van der Waals surface area contributed by atoms with Crippen molar-refractivity contribution in [2.75, 3.05) is 0 Å². The normalized spacial score (nSPS) is 10.8. The lowest BCUT2D eigenvalue weighted by Crippen LogP contribution is -2.14. The minimum Gasteiger partial charge on any atom is -0.493 e. The van der Waals surface area contributed by atoms with Crippen molar-refractivity contribution < 1.29 is 5.11 Å². The standard InChI is InChI=1S/C10H8BrClN2O2S/c1-2-4-9(15)13-8(14-10(4)16)6-3-5(11)7(12)17-6/h3H,2H2,1H3,(H2,13,14,15,16). The fourth-order valence-corrected chi connectivity index (χ4v) is 3.03. The number of thiophene rings is 1. The third-order valence-corrected chi connectivity index (χ3v) is 4.71. The van der Waals surface area contributed by atoms with Crippen LogP contribution in [0.2, 0.25) is 4.34 Å². The molecule has 2 aromatic rings. The molecule has 2 rings (SSSR count). The van der Waals surface area contributed by atoms with Gasteiger partial charge in [0, 0.05) is 4.47 Å². The molecule has 4 nitrogen and oxygen atoms in total. The van der Waals surface area contributed by atoms with Crippen LogP contribution < -0.4 is 5.56 Å². The Kier molecular flexibility index (Phi) is 3.56. The zero-order chi connectivity index (χ0) is 12.6. The average molecular weight is 336 g/mol. The summed E-state index contributed by atoms with van der Waals surface area (Å²) in [5.74, 6) is 0.0918. The van der Waals surface area contributed by atoms with Crippen LogP contribution in [-0.4, -0.2) is 15.1 Å². The predicted octanol–water partition coefficient (Wildman–Crippen LogP) is 3.18. The van der Waals surface area contributed by atoms with Gasteiger partial charge in [-0.2, -0.15) is 4.98 Å². The smallest absolute Gasteiger partial charge is 0.258 e. The Morgan fingerprint density at radius 3 is 2.82 bits per heavy atom. The molecule has 0 aromatic carbocycles. The van der Waals surface area contributed by atoms with E-state index in [0.717, 1.165) is 4.47 Å². The van der Waals surface area contributed by atoms with Gasteiger partial charge in [-0.05, 0) is 28.4 Å². The summed E-state index contributed by atoms with van der Waals surface area (Å²) in [6.07, 6.45) is 0.434. The molecule has 0 amide bonds. The van der Waals surface area contributed by atoms with Crippen LogP contribution in [0, 0.1) is 0 Å². The van der Waals surface area contributed by atoms with Gasteiger partial charge in [0.05, 0.1) is 10.4 Å². The molecule has 0 fully saturated rings. The molecular formula is C10H8BrClN2O2S. The first kappa shape index (κ1) is 12.6. The van der Waals surface area contributed by atoms with E-state index in [0.29, 0.717) is 21.5 Å². The lowest BCUT2D eigenvalue weighted by atomic mass is 10.2. The SMILES string of the molecule is CCc1c(O)nc(-c2cc(Br)c(Cl)s2)[nH]c1=O. The van der Waals surface area contributed by atoms with Crippen molar-refractivity contribution in [3.63, 3.8) is 0 Å². The van der Waals surface area contributed by atoms with Gasteiger partial charge in [0.1, 0.15) is 4.34 Å². The molecule has 2 aromatic heterocycles. The molecule has 0 aliphatic rings. The second-order valence-corrected chi connectivity index (χ2v) is 5.81. The second kappa shape index (κ2) is 4.80. The first-order valence-electron chi connectivity index (χ1n) is 4.80. The molecule has 0 radical (unpaired) electrons. The number of aromatic hydroxyl groups is 1. The molecule has 0 saturated carbocycles. The van der Waals surface area contributed by atoms with Gasteiger partial charge >= 0.3 is 0 Å². The minimum atomic E-state index is -0.323. The Bertz CT molecular complexity index is 604. The third kappa shape index (κ3) is 2.38. The fourth-order valence-electron chi connectivity index (χ4n) is 1.38. The van der Waals surface area contributed by atoms with Crippen molar-refractivity contribution in [3.05, 3.63) is 30.8 Å². The molecule has 2 N–H and O–H groups in total. The van der Waals surface area contributed by atoms with Gasteiger partial charge in [0.2, 0.25) is 5.88 Å². The molecule has 0 aliphatic carbocycles. The van der Waals surface area contributed by atoms with Crippen LogP contribution in [0.4, 0.5) is 0 Å². The molecule has 0 unspecified atom stereocenters. The van der Waals surface area contributed by atoms with Gasteiger partial charge < -0.3 is 10.1 Å². The van der Waals surface area contributed by atoms with Crippen LogP contribution in [0.5, 0.6) is 5.88 Å². The van der Waals surface area contributed by atoms with Crippen molar-refractivity contribution in [3.8, 4) is 16.6 Å². The molecule has 0 bridgehead atoms. The number of rotatable bonds is 2. The summed E-state index contributed by atoms with van der Waals surface area (Å²) in [6, 6.07) is 1.75. The van der Waals surface area contributed by atoms with Crippen LogP contribution in [0.25, 0.3) is 10.7 Å². The van der Waals surface area contributed by atoms with Crippen LogP contribution in [0.3, 0.4) is 0 Å². The zero-order valence-electron chi connectivity index (χ0n) is 8.75. The number of H-pyrrole nitrogens is 1. The summed E-state index contributed by atoms with van der Waals surface area (Å²) in [7, 11) is 0. The first-order chi connectivity index (χ1) is 8.02. The highest BCUT2D eigenvalue weighted by Gasteiger charge is 2.13. The van der Waals surface area contributed by atoms with E-state index < -0.39 is 0 Å². The van der Waals surface area contributed by atoms with E-state index in [1.165, 1.54) is 11.3 Å². The summed E-state index contributed by atoms with van der Waals surface area (Å²) in [4.78, 5) is 18.9. The van der Waals surface area contributed by atoms with Crippen LogP contribution >= 0.6 is 38.9 Å². The van der Waals surface area contributed by atoms with Crippen LogP contribution in [-0.2, 0) is 6.42 Å². The van der Waals surface area contributed by atoms with Crippen LogP contribution in [0.1, 0.15) is 12.5 Å². The van der Waals surface area contributed by atoms with Crippen molar-refractivity contribution in [1.29, 1.82) is 0 Å². The zero-order valence-corrected chi connectivity index (χ0v) is 11.9. The molecule has 0 saturated heterocycles. The highest BCUT2D eigenvalue weighted by Crippen LogP contribution is 2.36. The van der Waals surface area contributed by atoms with Gasteiger partial charge in [0.25, 0.3) is 5.56 Å². The Balaban J connectivity index is 2.58. The number of nitrogens with zero attached hydrogens (tertiary/aromatic N) is 1. The number of aromatic amines is 1. The summed E-state index contributed by atoms with van der Waals surface area (Å²) in [6.45, 7) is 1.78. The van der Waals surface area contributed by atoms with Crippen molar-refractivity contribution in [1.82, 2.24) is 9.97 Å². The topological polar surface area (TPSA) is 66.0 Å². The molecule has 90 valence electrons. The van der Waals surface area contributed by atoms with E-state index in [1.54, 1.807) is 13.0 Å². The Hall–Kier alpha value is -0.850. The van der Waals surface area contributed by atoms with Gasteiger partial charge in [-0.15, -0.1) is 11.3 Å². The van der Waals surface area contributed by atoms with Crippen LogP contribution in [0.15, 0.2) is 15.3 Å². The van der Waals surface area contributed by atoms with Gasteiger partial charge in [0.15, 0.2) is 5.82 Å². The second-order valence-electron chi connectivity index (χ2n) is 3.30. The van der Waals surface area contributed by atoms with E-state index in [4.69, 9.17) is 11.6 Å². The van der Waals surface area contributed by atoms with Crippen molar-refractivity contribution in [2.45, 2.75) is 13.3 Å². The summed E-state index contributed by atoms with van der Waals surface area (Å²) in [5, 5.41) is 9.64. The lowest BCUT2D eigenvalue weighted by molar-refractivity contribution is 0.444. The molecule has 7 heteroatoms. The van der Waals surface area contributed by atoms with E-state index in [1.807, 2.05) is 0 Å².